The lowest BCUT2D eigenvalue weighted by Gasteiger charge is -2.31. The third-order valence-corrected chi connectivity index (χ3v) is 3.71. The number of pyridine rings is 1. The molecule has 0 bridgehead atoms. The highest BCUT2D eigenvalue weighted by Gasteiger charge is 2.39. The molecule has 1 heterocycles. The lowest BCUT2D eigenvalue weighted by molar-refractivity contribution is -0.623. The van der Waals surface area contributed by atoms with Crippen molar-refractivity contribution in [1.82, 2.24) is 0 Å². The normalized spacial score (nSPS) is 22.5. The van der Waals surface area contributed by atoms with Gasteiger partial charge >= 0.3 is 0 Å². The van der Waals surface area contributed by atoms with Gasteiger partial charge in [0.1, 0.15) is 0 Å². The predicted molar refractivity (Wildman–Crippen MR) is 67.8 cm³/mol. The quantitative estimate of drug-likeness (QED) is 0.610. The Labute approximate surface area is 106 Å². The van der Waals surface area contributed by atoms with Crippen molar-refractivity contribution in [2.24, 2.45) is 0 Å². The van der Waals surface area contributed by atoms with Gasteiger partial charge in [0.15, 0.2) is 11.8 Å². The van der Waals surface area contributed by atoms with Crippen LogP contribution in [-0.4, -0.2) is 5.11 Å². The summed E-state index contributed by atoms with van der Waals surface area (Å²) in [6.45, 7) is 0. The van der Waals surface area contributed by atoms with E-state index in [1.807, 2.05) is 18.2 Å². The summed E-state index contributed by atoms with van der Waals surface area (Å²) in [7, 11) is 0. The Kier molecular flexibility index (Phi) is 2.56. The minimum absolute atomic E-state index is 0.444. The van der Waals surface area contributed by atoms with Crippen LogP contribution in [0.3, 0.4) is 0 Å². The highest BCUT2D eigenvalue weighted by molar-refractivity contribution is 5.33. The van der Waals surface area contributed by atoms with Gasteiger partial charge in [-0.2, -0.15) is 4.73 Å². The summed E-state index contributed by atoms with van der Waals surface area (Å²) in [5, 5.41) is 22.5. The first-order valence-corrected chi connectivity index (χ1v) is 6.17. The Morgan fingerprint density at radius 2 is 1.78 bits per heavy atom. The molecule has 2 aromatic rings. The fraction of sp³-hybridized carbons (Fsp3) is 0.267. The molecule has 0 saturated heterocycles. The van der Waals surface area contributed by atoms with E-state index in [2.05, 4.69) is 6.07 Å². The van der Waals surface area contributed by atoms with E-state index in [0.29, 0.717) is 18.5 Å². The van der Waals surface area contributed by atoms with Crippen molar-refractivity contribution in [2.75, 3.05) is 0 Å². The molecule has 0 radical (unpaired) electrons. The third-order valence-electron chi connectivity index (χ3n) is 3.71. The Hall–Kier alpha value is -1.87. The standard InChI is InChI=1S/C15H15NO2/c17-15(14-7-3-4-10-16(14)18)9-8-12-5-1-2-6-13(12)11-15/h1-7,10,17H,8-9,11H2/t15-/m1/s1. The second kappa shape index (κ2) is 4.10. The number of hydrogen-bond donors (Lipinski definition) is 1. The molecule has 0 unspecified atom stereocenters. The summed E-state index contributed by atoms with van der Waals surface area (Å²) in [5.41, 5.74) is 1.81. The maximum absolute atomic E-state index is 11.8. The summed E-state index contributed by atoms with van der Waals surface area (Å²) in [6.07, 6.45) is 3.35. The van der Waals surface area contributed by atoms with Crippen LogP contribution in [0, 0.1) is 5.21 Å². The first kappa shape index (κ1) is 11.2. The Morgan fingerprint density at radius 1 is 1.06 bits per heavy atom. The van der Waals surface area contributed by atoms with E-state index >= 15 is 0 Å². The van der Waals surface area contributed by atoms with Crippen molar-refractivity contribution >= 4 is 0 Å². The van der Waals surface area contributed by atoms with Crippen LogP contribution in [0.1, 0.15) is 23.2 Å². The van der Waals surface area contributed by atoms with Crippen molar-refractivity contribution in [2.45, 2.75) is 24.9 Å². The van der Waals surface area contributed by atoms with Gasteiger partial charge < -0.3 is 10.3 Å². The SMILES string of the molecule is [O-][n+]1ccccc1[C@@]1(O)CCc2ccccc2C1. The number of benzene rings is 1. The molecule has 1 aliphatic carbocycles. The van der Waals surface area contributed by atoms with E-state index in [9.17, 15) is 10.3 Å². The van der Waals surface area contributed by atoms with E-state index in [1.54, 1.807) is 18.2 Å². The molecule has 1 N–H and O–H groups in total. The van der Waals surface area contributed by atoms with Crippen LogP contribution >= 0.6 is 0 Å². The Morgan fingerprint density at radius 3 is 2.56 bits per heavy atom. The van der Waals surface area contributed by atoms with E-state index in [1.165, 1.54) is 11.8 Å². The molecule has 0 saturated carbocycles. The molecule has 92 valence electrons. The van der Waals surface area contributed by atoms with Gasteiger partial charge in [-0.25, -0.2) is 0 Å². The van der Waals surface area contributed by atoms with Gasteiger partial charge in [0.2, 0.25) is 5.69 Å². The van der Waals surface area contributed by atoms with Crippen LogP contribution in [0.2, 0.25) is 0 Å². The van der Waals surface area contributed by atoms with Gasteiger partial charge in [0, 0.05) is 18.6 Å². The van der Waals surface area contributed by atoms with Crippen LogP contribution in [0.25, 0.3) is 0 Å². The number of fused-ring (bicyclic) bond motifs is 1. The van der Waals surface area contributed by atoms with E-state index in [4.69, 9.17) is 0 Å². The molecule has 1 aromatic heterocycles. The van der Waals surface area contributed by atoms with Crippen LogP contribution < -0.4 is 4.73 Å². The maximum Gasteiger partial charge on any atom is 0.224 e. The second-order valence-electron chi connectivity index (χ2n) is 4.89. The molecule has 3 heteroatoms. The maximum atomic E-state index is 11.8. The number of hydrogen-bond acceptors (Lipinski definition) is 2. The highest BCUT2D eigenvalue weighted by atomic mass is 16.5. The Balaban J connectivity index is 2.02. The molecule has 1 aliphatic rings. The molecule has 1 atom stereocenters. The number of nitrogens with zero attached hydrogens (tertiary/aromatic N) is 1. The van der Waals surface area contributed by atoms with Gasteiger partial charge in [-0.15, -0.1) is 0 Å². The van der Waals surface area contributed by atoms with E-state index in [0.717, 1.165) is 16.7 Å². The number of aryl methyl sites for hydroxylation is 1. The van der Waals surface area contributed by atoms with Gasteiger partial charge in [-0.3, -0.25) is 0 Å². The summed E-state index contributed by atoms with van der Waals surface area (Å²) >= 11 is 0. The zero-order chi connectivity index (χ0) is 12.6. The van der Waals surface area contributed by atoms with Crippen molar-refractivity contribution in [3.8, 4) is 0 Å². The van der Waals surface area contributed by atoms with Crippen LogP contribution in [0.5, 0.6) is 0 Å². The molecule has 0 fully saturated rings. The average molecular weight is 241 g/mol. The first-order chi connectivity index (χ1) is 8.69. The fourth-order valence-electron chi connectivity index (χ4n) is 2.73. The fourth-order valence-corrected chi connectivity index (χ4v) is 2.73. The number of aromatic nitrogens is 1. The molecule has 3 rings (SSSR count). The lowest BCUT2D eigenvalue weighted by atomic mass is 9.78. The van der Waals surface area contributed by atoms with Crippen molar-refractivity contribution in [1.29, 1.82) is 0 Å². The van der Waals surface area contributed by atoms with Crippen LogP contribution in [-0.2, 0) is 18.4 Å². The zero-order valence-electron chi connectivity index (χ0n) is 10.0. The topological polar surface area (TPSA) is 47.2 Å². The third kappa shape index (κ3) is 1.77. The molecular weight excluding hydrogens is 226 g/mol. The van der Waals surface area contributed by atoms with Crippen molar-refractivity contribution in [3.05, 3.63) is 70.7 Å². The molecule has 3 nitrogen and oxygen atoms in total. The van der Waals surface area contributed by atoms with E-state index in [-0.39, 0.29) is 0 Å². The summed E-state index contributed by atoms with van der Waals surface area (Å²) in [6, 6.07) is 13.3. The average Bonchev–Trinajstić information content (AvgIpc) is 2.39. The predicted octanol–water partition coefficient (Wildman–Crippen LogP) is 1.70. The summed E-state index contributed by atoms with van der Waals surface area (Å²) in [4.78, 5) is 0. The summed E-state index contributed by atoms with van der Waals surface area (Å²) in [5.74, 6) is 0. The minimum Gasteiger partial charge on any atom is -0.618 e. The van der Waals surface area contributed by atoms with E-state index < -0.39 is 5.60 Å². The van der Waals surface area contributed by atoms with Gasteiger partial charge in [-0.1, -0.05) is 24.3 Å². The molecule has 0 spiro atoms. The Bertz CT molecular complexity index is 582. The van der Waals surface area contributed by atoms with Crippen LogP contribution in [0.4, 0.5) is 0 Å². The molecule has 0 aliphatic heterocycles. The zero-order valence-corrected chi connectivity index (χ0v) is 10.0. The first-order valence-electron chi connectivity index (χ1n) is 6.17. The molecule has 0 amide bonds. The second-order valence-corrected chi connectivity index (χ2v) is 4.89. The smallest absolute Gasteiger partial charge is 0.224 e. The lowest BCUT2D eigenvalue weighted by Crippen LogP contribution is -2.45. The molecular formula is C15H15NO2. The summed E-state index contributed by atoms with van der Waals surface area (Å²) < 4.78 is 0.772. The highest BCUT2D eigenvalue weighted by Crippen LogP contribution is 2.34. The number of rotatable bonds is 1. The van der Waals surface area contributed by atoms with Crippen molar-refractivity contribution < 1.29 is 9.84 Å². The largest absolute Gasteiger partial charge is 0.618 e. The molecule has 18 heavy (non-hydrogen) atoms. The minimum atomic E-state index is -1.04. The monoisotopic (exact) mass is 241 g/mol. The van der Waals surface area contributed by atoms with Gasteiger partial charge in [0.25, 0.3) is 0 Å². The van der Waals surface area contributed by atoms with Crippen LogP contribution in [0.15, 0.2) is 48.7 Å². The van der Waals surface area contributed by atoms with Gasteiger partial charge in [-0.05, 0) is 30.0 Å². The van der Waals surface area contributed by atoms with Crippen molar-refractivity contribution in [3.63, 3.8) is 0 Å². The van der Waals surface area contributed by atoms with Gasteiger partial charge in [0.05, 0.1) is 0 Å². The molecule has 1 aromatic carbocycles. The number of aliphatic hydroxyl groups is 1.